The number of benzene rings is 1. The zero-order valence-electron chi connectivity index (χ0n) is 15.6. The molecular formula is C19H20FNO7. The lowest BCUT2D eigenvalue weighted by molar-refractivity contribution is -0.239. The molecule has 2 aromatic rings. The maximum atomic E-state index is 13.8. The third-order valence-electron chi connectivity index (χ3n) is 4.28. The van der Waals surface area contributed by atoms with Crippen molar-refractivity contribution in [2.24, 2.45) is 0 Å². The zero-order valence-corrected chi connectivity index (χ0v) is 15.6. The minimum absolute atomic E-state index is 0.102. The highest BCUT2D eigenvalue weighted by atomic mass is 19.1. The van der Waals surface area contributed by atoms with Gasteiger partial charge in [-0.05, 0) is 29.7 Å². The number of ether oxygens (including phenoxy) is 4. The summed E-state index contributed by atoms with van der Waals surface area (Å²) in [5.41, 5.74) is 0.509. The van der Waals surface area contributed by atoms with Crippen LogP contribution in [0.2, 0.25) is 0 Å². The van der Waals surface area contributed by atoms with Crippen molar-refractivity contribution in [3.05, 3.63) is 36.3 Å². The van der Waals surface area contributed by atoms with Gasteiger partial charge in [-0.3, -0.25) is 14.4 Å². The number of hydrogen-bond donors (Lipinski definition) is 0. The van der Waals surface area contributed by atoms with Crippen LogP contribution < -0.4 is 0 Å². The summed E-state index contributed by atoms with van der Waals surface area (Å²) in [5.74, 6) is -2.31. The lowest BCUT2D eigenvalue weighted by Crippen LogP contribution is -2.55. The predicted molar refractivity (Wildman–Crippen MR) is 93.5 cm³/mol. The van der Waals surface area contributed by atoms with Crippen molar-refractivity contribution in [2.75, 3.05) is 6.61 Å². The van der Waals surface area contributed by atoms with E-state index in [0.717, 1.165) is 5.39 Å². The van der Waals surface area contributed by atoms with Crippen LogP contribution in [0.3, 0.4) is 0 Å². The van der Waals surface area contributed by atoms with Crippen LogP contribution in [0, 0.1) is 5.82 Å². The number of carbonyl (C=O) groups is 3. The summed E-state index contributed by atoms with van der Waals surface area (Å²) in [6, 6.07) is 6.01. The van der Waals surface area contributed by atoms with E-state index in [1.54, 1.807) is 22.9 Å². The van der Waals surface area contributed by atoms with Gasteiger partial charge >= 0.3 is 17.9 Å². The third kappa shape index (κ3) is 4.14. The molecule has 1 saturated heterocycles. The Morgan fingerprint density at radius 3 is 2.29 bits per heavy atom. The highest BCUT2D eigenvalue weighted by Gasteiger charge is 2.47. The second-order valence-electron chi connectivity index (χ2n) is 6.45. The van der Waals surface area contributed by atoms with Crippen molar-refractivity contribution in [3.63, 3.8) is 0 Å². The predicted octanol–water partition coefficient (Wildman–Crippen LogP) is 2.10. The van der Waals surface area contributed by atoms with Crippen molar-refractivity contribution in [1.29, 1.82) is 0 Å². The maximum Gasteiger partial charge on any atom is 0.303 e. The summed E-state index contributed by atoms with van der Waals surface area (Å²) in [6.07, 6.45) is -2.42. The van der Waals surface area contributed by atoms with Gasteiger partial charge < -0.3 is 23.5 Å². The first-order valence-electron chi connectivity index (χ1n) is 8.65. The van der Waals surface area contributed by atoms with Gasteiger partial charge in [-0.1, -0.05) is 0 Å². The molecule has 1 aromatic carbocycles. The highest BCUT2D eigenvalue weighted by Crippen LogP contribution is 2.33. The van der Waals surface area contributed by atoms with Crippen LogP contribution >= 0.6 is 0 Å². The molecule has 0 N–H and O–H groups in total. The molecule has 0 saturated carbocycles. The quantitative estimate of drug-likeness (QED) is 0.580. The summed E-state index contributed by atoms with van der Waals surface area (Å²) >= 11 is 0. The van der Waals surface area contributed by atoms with E-state index in [1.807, 2.05) is 0 Å². The number of carbonyl (C=O) groups excluding carboxylic acids is 3. The lowest BCUT2D eigenvalue weighted by Gasteiger charge is -2.41. The minimum Gasteiger partial charge on any atom is -0.456 e. The van der Waals surface area contributed by atoms with E-state index in [2.05, 4.69) is 0 Å². The molecule has 0 aliphatic carbocycles. The molecule has 1 aromatic heterocycles. The van der Waals surface area contributed by atoms with Crippen LogP contribution in [0.15, 0.2) is 30.5 Å². The Morgan fingerprint density at radius 1 is 1.00 bits per heavy atom. The Labute approximate surface area is 160 Å². The molecule has 1 aliphatic heterocycles. The molecule has 8 nitrogen and oxygen atoms in total. The molecule has 0 radical (unpaired) electrons. The summed E-state index contributed by atoms with van der Waals surface area (Å²) < 4.78 is 37.0. The normalized spacial score (nSPS) is 24.6. The van der Waals surface area contributed by atoms with Crippen LogP contribution in [0.1, 0.15) is 27.0 Å². The minimum atomic E-state index is -1.11. The van der Waals surface area contributed by atoms with Crippen LogP contribution in [-0.2, 0) is 33.3 Å². The van der Waals surface area contributed by atoms with Gasteiger partial charge in [0.2, 0.25) is 0 Å². The van der Waals surface area contributed by atoms with Crippen molar-refractivity contribution in [2.45, 2.75) is 45.3 Å². The van der Waals surface area contributed by atoms with E-state index >= 15 is 0 Å². The van der Waals surface area contributed by atoms with Crippen LogP contribution in [0.25, 0.3) is 10.9 Å². The highest BCUT2D eigenvalue weighted by molar-refractivity contribution is 5.80. The molecule has 0 bridgehead atoms. The molecule has 9 heteroatoms. The van der Waals surface area contributed by atoms with Crippen molar-refractivity contribution >= 4 is 28.8 Å². The molecule has 28 heavy (non-hydrogen) atoms. The fourth-order valence-corrected chi connectivity index (χ4v) is 3.31. The van der Waals surface area contributed by atoms with E-state index in [9.17, 15) is 18.8 Å². The smallest absolute Gasteiger partial charge is 0.303 e. The summed E-state index contributed by atoms with van der Waals surface area (Å²) in [5, 5.41) is 0.748. The van der Waals surface area contributed by atoms with Gasteiger partial charge in [-0.2, -0.15) is 0 Å². The Balaban J connectivity index is 2.03. The second-order valence-corrected chi connectivity index (χ2v) is 6.45. The summed E-state index contributed by atoms with van der Waals surface area (Å²) in [7, 11) is 0. The van der Waals surface area contributed by atoms with E-state index in [1.165, 1.54) is 32.9 Å². The standard InChI is InChI=1S/C19H20FNO7/c1-10(22)26-16-9-25-19(18(28-12(3)24)17(16)27-11(2)23)21-7-6-13-4-5-14(20)8-15(13)21/h4-8,16-19H,9H2,1-3H3/t16-,17+,18-,19-/m1/s1. The average molecular weight is 393 g/mol. The van der Waals surface area contributed by atoms with Crippen LogP contribution in [0.5, 0.6) is 0 Å². The van der Waals surface area contributed by atoms with Crippen molar-refractivity contribution in [1.82, 2.24) is 4.57 Å². The van der Waals surface area contributed by atoms with Gasteiger partial charge in [-0.15, -0.1) is 0 Å². The molecular weight excluding hydrogens is 373 g/mol. The first-order valence-corrected chi connectivity index (χ1v) is 8.65. The lowest BCUT2D eigenvalue weighted by atomic mass is 10.0. The first-order chi connectivity index (χ1) is 13.3. The second kappa shape index (κ2) is 7.97. The van der Waals surface area contributed by atoms with E-state index in [-0.39, 0.29) is 6.61 Å². The number of hydrogen-bond acceptors (Lipinski definition) is 7. The van der Waals surface area contributed by atoms with Gasteiger partial charge in [0.1, 0.15) is 5.82 Å². The van der Waals surface area contributed by atoms with Crippen LogP contribution in [-0.4, -0.2) is 47.4 Å². The molecule has 0 amide bonds. The number of rotatable bonds is 4. The number of halogens is 1. The Hall–Kier alpha value is -2.94. The molecule has 3 rings (SSSR count). The molecule has 4 atom stereocenters. The van der Waals surface area contributed by atoms with E-state index in [4.69, 9.17) is 18.9 Å². The Bertz CT molecular complexity index is 909. The van der Waals surface area contributed by atoms with Gasteiger partial charge in [0.25, 0.3) is 0 Å². The maximum absolute atomic E-state index is 13.8. The molecule has 150 valence electrons. The van der Waals surface area contributed by atoms with Gasteiger partial charge in [0.15, 0.2) is 24.5 Å². The topological polar surface area (TPSA) is 93.1 Å². The molecule has 0 unspecified atom stereocenters. The Morgan fingerprint density at radius 2 is 1.64 bits per heavy atom. The van der Waals surface area contributed by atoms with Crippen molar-refractivity contribution in [3.8, 4) is 0 Å². The summed E-state index contributed by atoms with van der Waals surface area (Å²) in [4.78, 5) is 34.8. The monoisotopic (exact) mass is 393 g/mol. The first kappa shape index (κ1) is 19.8. The fraction of sp³-hybridized carbons (Fsp3) is 0.421. The SMILES string of the molecule is CC(=O)O[C@@H]1[C@@H](OC(C)=O)[C@H](OC(C)=O)CO[C@H]1n1ccc2ccc(F)cc21. The van der Waals surface area contributed by atoms with E-state index in [0.29, 0.717) is 5.52 Å². The third-order valence-corrected chi connectivity index (χ3v) is 4.28. The Kier molecular flexibility index (Phi) is 5.64. The zero-order chi connectivity index (χ0) is 20.4. The molecule has 1 fully saturated rings. The molecule has 0 spiro atoms. The number of aromatic nitrogens is 1. The van der Waals surface area contributed by atoms with Gasteiger partial charge in [0.05, 0.1) is 12.1 Å². The van der Waals surface area contributed by atoms with Crippen molar-refractivity contribution < 1.29 is 37.7 Å². The number of esters is 3. The largest absolute Gasteiger partial charge is 0.456 e. The summed E-state index contributed by atoms with van der Waals surface area (Å²) in [6.45, 7) is 3.50. The van der Waals surface area contributed by atoms with E-state index < -0.39 is 48.3 Å². The molecule has 1 aliphatic rings. The van der Waals surface area contributed by atoms with Crippen LogP contribution in [0.4, 0.5) is 4.39 Å². The molecule has 2 heterocycles. The number of fused-ring (bicyclic) bond motifs is 1. The fourth-order valence-electron chi connectivity index (χ4n) is 3.31. The number of nitrogens with zero attached hydrogens (tertiary/aromatic N) is 1. The van der Waals surface area contributed by atoms with Gasteiger partial charge in [-0.25, -0.2) is 4.39 Å². The van der Waals surface area contributed by atoms with Gasteiger partial charge in [0, 0.05) is 27.0 Å². The average Bonchev–Trinajstić information content (AvgIpc) is 2.99.